The number of sulfonamides is 1. The van der Waals surface area contributed by atoms with Gasteiger partial charge < -0.3 is 19.9 Å². The smallest absolute Gasteiger partial charge is 0.213 e. The lowest BCUT2D eigenvalue weighted by atomic mass is 10.1. The molecule has 1 atom stereocenters. The average Bonchev–Trinajstić information content (AvgIpc) is 2.79. The summed E-state index contributed by atoms with van der Waals surface area (Å²) in [5.74, 6) is 0.773. The Bertz CT molecular complexity index is 758. The standard InChI is InChI=1S/C21H35N5O3S/c1-2-22-21(26-14-12-25(13-15-26)19-8-4-3-5-9-19)23-11-17-30(27,28)24-18-20-10-6-7-16-29-20/h3-5,8-9,20,24H,2,6-7,10-18H2,1H3,(H,22,23). The van der Waals surface area contributed by atoms with Crippen molar-refractivity contribution in [2.24, 2.45) is 4.99 Å². The Balaban J connectivity index is 1.47. The van der Waals surface area contributed by atoms with Gasteiger partial charge in [-0.05, 0) is 38.3 Å². The van der Waals surface area contributed by atoms with Crippen molar-refractivity contribution in [3.8, 4) is 0 Å². The number of nitrogens with zero attached hydrogens (tertiary/aromatic N) is 3. The molecule has 168 valence electrons. The van der Waals surface area contributed by atoms with E-state index >= 15 is 0 Å². The number of guanidine groups is 1. The molecule has 2 aliphatic heterocycles. The molecule has 1 aromatic rings. The first-order valence-electron chi connectivity index (χ1n) is 11.0. The van der Waals surface area contributed by atoms with Gasteiger partial charge in [0.1, 0.15) is 0 Å². The summed E-state index contributed by atoms with van der Waals surface area (Å²) in [5.41, 5.74) is 1.23. The fourth-order valence-electron chi connectivity index (χ4n) is 3.77. The minimum atomic E-state index is -3.36. The molecule has 2 N–H and O–H groups in total. The molecule has 2 aliphatic rings. The third kappa shape index (κ3) is 7.14. The van der Waals surface area contributed by atoms with Gasteiger partial charge >= 0.3 is 0 Å². The van der Waals surface area contributed by atoms with Crippen LogP contribution in [0, 0.1) is 0 Å². The number of benzene rings is 1. The maximum atomic E-state index is 12.3. The number of hydrogen-bond donors (Lipinski definition) is 2. The Morgan fingerprint density at radius 3 is 2.60 bits per heavy atom. The number of piperazine rings is 1. The summed E-state index contributed by atoms with van der Waals surface area (Å²) in [5, 5.41) is 3.30. The predicted molar refractivity (Wildman–Crippen MR) is 122 cm³/mol. The minimum Gasteiger partial charge on any atom is -0.377 e. The van der Waals surface area contributed by atoms with Crippen molar-refractivity contribution in [1.29, 1.82) is 0 Å². The number of nitrogens with one attached hydrogen (secondary N) is 2. The van der Waals surface area contributed by atoms with E-state index in [4.69, 9.17) is 4.74 Å². The van der Waals surface area contributed by atoms with Crippen LogP contribution in [0.1, 0.15) is 26.2 Å². The van der Waals surface area contributed by atoms with Crippen LogP contribution in [0.5, 0.6) is 0 Å². The molecular formula is C21H35N5O3S. The van der Waals surface area contributed by atoms with E-state index in [1.165, 1.54) is 5.69 Å². The van der Waals surface area contributed by atoms with Gasteiger partial charge in [-0.2, -0.15) is 0 Å². The highest BCUT2D eigenvalue weighted by Gasteiger charge is 2.21. The average molecular weight is 438 g/mol. The van der Waals surface area contributed by atoms with E-state index in [0.717, 1.165) is 64.6 Å². The quantitative estimate of drug-likeness (QED) is 0.470. The van der Waals surface area contributed by atoms with Crippen LogP contribution in [0.15, 0.2) is 35.3 Å². The predicted octanol–water partition coefficient (Wildman–Crippen LogP) is 1.26. The molecular weight excluding hydrogens is 402 g/mol. The van der Waals surface area contributed by atoms with Crippen molar-refractivity contribution in [3.05, 3.63) is 30.3 Å². The third-order valence-corrected chi connectivity index (χ3v) is 6.79. The molecule has 0 aromatic heterocycles. The number of rotatable bonds is 8. The van der Waals surface area contributed by atoms with Crippen LogP contribution in [-0.4, -0.2) is 83.6 Å². The van der Waals surface area contributed by atoms with Gasteiger partial charge in [0.25, 0.3) is 0 Å². The number of hydrogen-bond acceptors (Lipinski definition) is 5. The van der Waals surface area contributed by atoms with Crippen molar-refractivity contribution in [3.63, 3.8) is 0 Å². The van der Waals surface area contributed by atoms with Gasteiger partial charge in [-0.15, -0.1) is 0 Å². The maximum Gasteiger partial charge on any atom is 0.213 e. The zero-order valence-corrected chi connectivity index (χ0v) is 18.7. The Hall–Kier alpha value is -1.84. The van der Waals surface area contributed by atoms with Gasteiger partial charge in [-0.1, -0.05) is 18.2 Å². The van der Waals surface area contributed by atoms with Gasteiger partial charge in [0.15, 0.2) is 5.96 Å². The van der Waals surface area contributed by atoms with E-state index in [9.17, 15) is 8.42 Å². The monoisotopic (exact) mass is 437 g/mol. The van der Waals surface area contributed by atoms with E-state index < -0.39 is 10.0 Å². The van der Waals surface area contributed by atoms with Crippen molar-refractivity contribution in [1.82, 2.24) is 14.9 Å². The largest absolute Gasteiger partial charge is 0.377 e. The van der Waals surface area contributed by atoms with Crippen molar-refractivity contribution in [2.45, 2.75) is 32.3 Å². The minimum absolute atomic E-state index is 0.00439. The molecule has 1 aromatic carbocycles. The highest BCUT2D eigenvalue weighted by Crippen LogP contribution is 2.15. The molecule has 0 amide bonds. The number of aliphatic imine (C=N–C) groups is 1. The van der Waals surface area contributed by atoms with Crippen LogP contribution in [0.2, 0.25) is 0 Å². The summed E-state index contributed by atoms with van der Waals surface area (Å²) >= 11 is 0. The van der Waals surface area contributed by atoms with Gasteiger partial charge in [0, 0.05) is 51.6 Å². The molecule has 0 bridgehead atoms. The Morgan fingerprint density at radius 1 is 1.17 bits per heavy atom. The highest BCUT2D eigenvalue weighted by atomic mass is 32.2. The van der Waals surface area contributed by atoms with Gasteiger partial charge in [-0.3, -0.25) is 4.99 Å². The Labute approximate surface area is 180 Å². The lowest BCUT2D eigenvalue weighted by molar-refractivity contribution is 0.0200. The SMILES string of the molecule is CCNC(=NCCS(=O)(=O)NCC1CCCCO1)N1CCN(c2ccccc2)CC1. The first kappa shape index (κ1) is 22.8. The summed E-state index contributed by atoms with van der Waals surface area (Å²) in [6, 6.07) is 10.4. The molecule has 0 saturated carbocycles. The molecule has 1 unspecified atom stereocenters. The van der Waals surface area contributed by atoms with E-state index in [1.54, 1.807) is 0 Å². The summed E-state index contributed by atoms with van der Waals surface area (Å²) in [6.45, 7) is 7.62. The van der Waals surface area contributed by atoms with Gasteiger partial charge in [-0.25, -0.2) is 13.1 Å². The Morgan fingerprint density at radius 2 is 1.93 bits per heavy atom. The van der Waals surface area contributed by atoms with Gasteiger partial charge in [0.2, 0.25) is 10.0 Å². The van der Waals surface area contributed by atoms with Crippen molar-refractivity contribution in [2.75, 3.05) is 63.1 Å². The van der Waals surface area contributed by atoms with E-state index in [1.807, 2.05) is 13.0 Å². The zero-order chi connectivity index (χ0) is 21.2. The number of para-hydroxylation sites is 1. The van der Waals surface area contributed by atoms with Crippen LogP contribution in [0.4, 0.5) is 5.69 Å². The fraction of sp³-hybridized carbons (Fsp3) is 0.667. The fourth-order valence-corrected chi connectivity index (χ4v) is 4.69. The first-order chi connectivity index (χ1) is 14.6. The summed E-state index contributed by atoms with van der Waals surface area (Å²) in [6.07, 6.45) is 3.07. The molecule has 8 nitrogen and oxygen atoms in total. The molecule has 9 heteroatoms. The first-order valence-corrected chi connectivity index (χ1v) is 12.6. The molecule has 2 heterocycles. The van der Waals surface area contributed by atoms with Crippen molar-refractivity contribution < 1.29 is 13.2 Å². The molecule has 3 rings (SSSR count). The zero-order valence-electron chi connectivity index (χ0n) is 17.9. The van der Waals surface area contributed by atoms with Gasteiger partial charge in [0.05, 0.1) is 18.4 Å². The van der Waals surface area contributed by atoms with E-state index in [0.29, 0.717) is 6.54 Å². The molecule has 2 fully saturated rings. The molecule has 30 heavy (non-hydrogen) atoms. The Kier molecular flexibility index (Phi) is 8.77. The van der Waals surface area contributed by atoms with Crippen LogP contribution in [-0.2, 0) is 14.8 Å². The summed E-state index contributed by atoms with van der Waals surface area (Å²) < 4.78 is 32.9. The van der Waals surface area contributed by atoms with Crippen LogP contribution in [0.25, 0.3) is 0 Å². The highest BCUT2D eigenvalue weighted by molar-refractivity contribution is 7.89. The van der Waals surface area contributed by atoms with E-state index in [-0.39, 0.29) is 18.4 Å². The number of anilines is 1. The van der Waals surface area contributed by atoms with E-state index in [2.05, 4.69) is 49.1 Å². The van der Waals surface area contributed by atoms with Crippen LogP contribution >= 0.6 is 0 Å². The second-order valence-corrected chi connectivity index (χ2v) is 9.63. The molecule has 2 saturated heterocycles. The molecule has 0 aliphatic carbocycles. The van der Waals surface area contributed by atoms with Crippen molar-refractivity contribution >= 4 is 21.7 Å². The summed E-state index contributed by atoms with van der Waals surface area (Å²) in [4.78, 5) is 9.15. The second-order valence-electron chi connectivity index (χ2n) is 7.70. The summed E-state index contributed by atoms with van der Waals surface area (Å²) in [7, 11) is -3.36. The lowest BCUT2D eigenvalue weighted by Crippen LogP contribution is -2.52. The topological polar surface area (TPSA) is 86.3 Å². The van der Waals surface area contributed by atoms with Crippen LogP contribution < -0.4 is 14.9 Å². The molecule has 0 radical (unpaired) electrons. The maximum absolute atomic E-state index is 12.3. The second kappa shape index (κ2) is 11.5. The normalized spacial score (nSPS) is 21.0. The lowest BCUT2D eigenvalue weighted by Gasteiger charge is -2.37. The molecule has 0 spiro atoms. The van der Waals surface area contributed by atoms with Crippen LogP contribution in [0.3, 0.4) is 0 Å². The third-order valence-electron chi connectivity index (χ3n) is 5.46. The number of ether oxygens (including phenoxy) is 1.